The summed E-state index contributed by atoms with van der Waals surface area (Å²) in [5, 5.41) is 3.65. The van der Waals surface area contributed by atoms with Crippen LogP contribution in [0.15, 0.2) is 42.5 Å². The third-order valence-electron chi connectivity index (χ3n) is 3.52. The number of carbonyl (C=O) groups excluding carboxylic acids is 1. The predicted molar refractivity (Wildman–Crippen MR) is 77.7 cm³/mol. The van der Waals surface area contributed by atoms with E-state index in [-0.39, 0.29) is 11.8 Å². The first-order chi connectivity index (χ1) is 9.13. The molecular weight excluding hydrogens is 258 g/mol. The van der Waals surface area contributed by atoms with Crippen LogP contribution < -0.4 is 5.32 Å². The Morgan fingerprint density at radius 1 is 1.16 bits per heavy atom. The van der Waals surface area contributed by atoms with Gasteiger partial charge in [0.25, 0.3) is 0 Å². The summed E-state index contributed by atoms with van der Waals surface area (Å²) in [5.41, 5.74) is 4.43. The van der Waals surface area contributed by atoms with Crippen molar-refractivity contribution in [1.82, 2.24) is 0 Å². The number of benzene rings is 2. The fourth-order valence-electron chi connectivity index (χ4n) is 2.57. The lowest BCUT2D eigenvalue weighted by atomic mass is 9.84. The summed E-state index contributed by atoms with van der Waals surface area (Å²) in [6.07, 6.45) is 0.484. The Bertz CT molecular complexity index is 634. The zero-order valence-electron chi connectivity index (χ0n) is 10.6. The average molecular weight is 272 g/mol. The van der Waals surface area contributed by atoms with E-state index in [2.05, 4.69) is 18.3 Å². The molecule has 2 nitrogen and oxygen atoms in total. The minimum atomic E-state index is 0.0660. The molecule has 3 heteroatoms. The van der Waals surface area contributed by atoms with Gasteiger partial charge in [-0.3, -0.25) is 4.79 Å². The summed E-state index contributed by atoms with van der Waals surface area (Å²) in [7, 11) is 0. The van der Waals surface area contributed by atoms with Gasteiger partial charge in [0, 0.05) is 23.0 Å². The van der Waals surface area contributed by atoms with Crippen LogP contribution in [-0.4, -0.2) is 5.91 Å². The van der Waals surface area contributed by atoms with E-state index in [1.165, 1.54) is 11.1 Å². The van der Waals surface area contributed by atoms with Crippen molar-refractivity contribution in [2.75, 3.05) is 5.32 Å². The maximum Gasteiger partial charge on any atom is 0.225 e. The first-order valence-corrected chi connectivity index (χ1v) is 6.67. The summed E-state index contributed by atoms with van der Waals surface area (Å²) in [6.45, 7) is 2.07. The Labute approximate surface area is 117 Å². The van der Waals surface area contributed by atoms with Gasteiger partial charge in [0.05, 0.1) is 0 Å². The highest BCUT2D eigenvalue weighted by molar-refractivity contribution is 6.30. The van der Waals surface area contributed by atoms with Gasteiger partial charge in [-0.15, -0.1) is 0 Å². The molecule has 1 heterocycles. The first kappa shape index (κ1) is 12.2. The molecule has 1 aliphatic rings. The van der Waals surface area contributed by atoms with Crippen LogP contribution >= 0.6 is 11.6 Å². The zero-order valence-corrected chi connectivity index (χ0v) is 11.4. The Hall–Kier alpha value is -1.80. The molecule has 2 aromatic rings. The number of hydrogen-bond acceptors (Lipinski definition) is 1. The number of hydrogen-bond donors (Lipinski definition) is 1. The number of halogens is 1. The van der Waals surface area contributed by atoms with E-state index >= 15 is 0 Å². The molecule has 19 heavy (non-hydrogen) atoms. The third kappa shape index (κ3) is 2.36. The number of rotatable bonds is 1. The molecule has 1 aliphatic heterocycles. The largest absolute Gasteiger partial charge is 0.326 e. The predicted octanol–water partition coefficient (Wildman–Crippen LogP) is 4.12. The fraction of sp³-hybridized carbons (Fsp3) is 0.188. The van der Waals surface area contributed by atoms with Crippen LogP contribution in [0.5, 0.6) is 0 Å². The van der Waals surface area contributed by atoms with E-state index in [0.717, 1.165) is 11.3 Å². The van der Waals surface area contributed by atoms with Gasteiger partial charge >= 0.3 is 0 Å². The normalized spacial score (nSPS) is 17.8. The smallest absolute Gasteiger partial charge is 0.225 e. The van der Waals surface area contributed by atoms with Crippen LogP contribution in [-0.2, 0) is 4.79 Å². The first-order valence-electron chi connectivity index (χ1n) is 6.29. The van der Waals surface area contributed by atoms with E-state index in [9.17, 15) is 4.79 Å². The lowest BCUT2D eigenvalue weighted by Gasteiger charge is -2.26. The summed E-state index contributed by atoms with van der Waals surface area (Å²) < 4.78 is 0. The van der Waals surface area contributed by atoms with Gasteiger partial charge in [0.1, 0.15) is 0 Å². The van der Waals surface area contributed by atoms with Crippen molar-refractivity contribution in [3.63, 3.8) is 0 Å². The van der Waals surface area contributed by atoms with Crippen LogP contribution in [0.1, 0.15) is 29.0 Å². The van der Waals surface area contributed by atoms with Gasteiger partial charge in [-0.25, -0.2) is 0 Å². The molecule has 0 saturated heterocycles. The quantitative estimate of drug-likeness (QED) is 0.830. The Balaban J connectivity index is 2.09. The maximum absolute atomic E-state index is 11.8. The number of amides is 1. The molecular formula is C16H14ClNO. The monoisotopic (exact) mass is 271 g/mol. The van der Waals surface area contributed by atoms with Crippen LogP contribution in [0.4, 0.5) is 5.69 Å². The number of anilines is 1. The second-order valence-corrected chi connectivity index (χ2v) is 5.38. The van der Waals surface area contributed by atoms with Gasteiger partial charge in [0.15, 0.2) is 0 Å². The minimum Gasteiger partial charge on any atom is -0.326 e. The van der Waals surface area contributed by atoms with Gasteiger partial charge in [-0.2, -0.15) is 0 Å². The van der Waals surface area contributed by atoms with E-state index in [1.54, 1.807) is 0 Å². The van der Waals surface area contributed by atoms with Crippen molar-refractivity contribution in [2.24, 2.45) is 0 Å². The standard InChI is InChI=1S/C16H14ClNO/c1-10-2-7-15-14(8-10)13(9-16(19)18-15)11-3-5-12(17)6-4-11/h2-8,13H,9H2,1H3,(H,18,19). The Kier molecular flexibility index (Phi) is 3.03. The summed E-state index contributed by atoms with van der Waals surface area (Å²) in [4.78, 5) is 11.8. The molecule has 2 aromatic carbocycles. The molecule has 1 amide bonds. The third-order valence-corrected chi connectivity index (χ3v) is 3.77. The molecule has 0 aromatic heterocycles. The highest BCUT2D eigenvalue weighted by atomic mass is 35.5. The number of carbonyl (C=O) groups is 1. The molecule has 0 fully saturated rings. The SMILES string of the molecule is Cc1ccc2c(c1)C(c1ccc(Cl)cc1)CC(=O)N2. The Morgan fingerprint density at radius 2 is 1.89 bits per heavy atom. The molecule has 1 unspecified atom stereocenters. The van der Waals surface area contributed by atoms with Gasteiger partial charge < -0.3 is 5.32 Å². The molecule has 96 valence electrons. The Morgan fingerprint density at radius 3 is 2.63 bits per heavy atom. The van der Waals surface area contributed by atoms with Crippen molar-refractivity contribution in [1.29, 1.82) is 0 Å². The van der Waals surface area contributed by atoms with E-state index in [0.29, 0.717) is 11.4 Å². The molecule has 1 N–H and O–H groups in total. The molecule has 3 rings (SSSR count). The van der Waals surface area contributed by atoms with E-state index in [4.69, 9.17) is 11.6 Å². The minimum absolute atomic E-state index is 0.0660. The summed E-state index contributed by atoms with van der Waals surface area (Å²) >= 11 is 5.93. The highest BCUT2D eigenvalue weighted by Gasteiger charge is 2.26. The van der Waals surface area contributed by atoms with E-state index in [1.807, 2.05) is 36.4 Å². The van der Waals surface area contributed by atoms with Gasteiger partial charge in [-0.1, -0.05) is 41.4 Å². The van der Waals surface area contributed by atoms with Gasteiger partial charge in [-0.05, 0) is 36.2 Å². The van der Waals surface area contributed by atoms with Crippen molar-refractivity contribution < 1.29 is 4.79 Å². The lowest BCUT2D eigenvalue weighted by Crippen LogP contribution is -2.23. The number of aryl methyl sites for hydroxylation is 1. The topological polar surface area (TPSA) is 29.1 Å². The van der Waals surface area contributed by atoms with Crippen molar-refractivity contribution in [2.45, 2.75) is 19.3 Å². The molecule has 0 radical (unpaired) electrons. The molecule has 0 aliphatic carbocycles. The highest BCUT2D eigenvalue weighted by Crippen LogP contribution is 2.37. The summed E-state index contributed by atoms with van der Waals surface area (Å²) in [6, 6.07) is 13.9. The molecule has 0 saturated carbocycles. The van der Waals surface area contributed by atoms with Crippen molar-refractivity contribution in [3.8, 4) is 0 Å². The van der Waals surface area contributed by atoms with Crippen LogP contribution in [0, 0.1) is 6.92 Å². The number of fused-ring (bicyclic) bond motifs is 1. The van der Waals surface area contributed by atoms with Crippen molar-refractivity contribution >= 4 is 23.2 Å². The van der Waals surface area contributed by atoms with Crippen LogP contribution in [0.3, 0.4) is 0 Å². The van der Waals surface area contributed by atoms with Crippen molar-refractivity contribution in [3.05, 3.63) is 64.2 Å². The van der Waals surface area contributed by atoms with Crippen LogP contribution in [0.2, 0.25) is 5.02 Å². The average Bonchev–Trinajstić information content (AvgIpc) is 2.39. The molecule has 0 spiro atoms. The second-order valence-electron chi connectivity index (χ2n) is 4.95. The van der Waals surface area contributed by atoms with E-state index < -0.39 is 0 Å². The zero-order chi connectivity index (χ0) is 13.4. The second kappa shape index (κ2) is 4.71. The summed E-state index contributed by atoms with van der Waals surface area (Å²) in [5.74, 6) is 0.178. The molecule has 1 atom stereocenters. The van der Waals surface area contributed by atoms with Gasteiger partial charge in [0.2, 0.25) is 5.91 Å². The fourth-order valence-corrected chi connectivity index (χ4v) is 2.70. The lowest BCUT2D eigenvalue weighted by molar-refractivity contribution is -0.116. The number of nitrogens with one attached hydrogen (secondary N) is 1. The molecule has 0 bridgehead atoms. The maximum atomic E-state index is 11.8. The van der Waals surface area contributed by atoms with Crippen LogP contribution in [0.25, 0.3) is 0 Å².